The lowest BCUT2D eigenvalue weighted by molar-refractivity contribution is 0.107. The van der Waals surface area contributed by atoms with Gasteiger partial charge in [-0.1, -0.05) is 36.4 Å². The molecule has 7 nitrogen and oxygen atoms in total. The first-order valence-electron chi connectivity index (χ1n) is 9.78. The van der Waals surface area contributed by atoms with Gasteiger partial charge in [0.25, 0.3) is 0 Å². The van der Waals surface area contributed by atoms with Crippen molar-refractivity contribution in [3.8, 4) is 11.3 Å². The number of amides is 2. The number of anilines is 1. The average Bonchev–Trinajstić information content (AvgIpc) is 3.21. The Kier molecular flexibility index (Phi) is 5.31. The van der Waals surface area contributed by atoms with Gasteiger partial charge in [-0.25, -0.2) is 9.78 Å². The summed E-state index contributed by atoms with van der Waals surface area (Å²) in [6, 6.07) is 15.3. The first-order chi connectivity index (χ1) is 14.1. The number of hydrogen-bond acceptors (Lipinski definition) is 4. The zero-order valence-electron chi connectivity index (χ0n) is 16.5. The number of aliphatic hydroxyl groups excluding tert-OH is 1. The van der Waals surface area contributed by atoms with Crippen LogP contribution in [-0.4, -0.2) is 50.5 Å². The molecule has 2 amide bonds. The maximum Gasteiger partial charge on any atom is 0.323 e. The van der Waals surface area contributed by atoms with Crippen LogP contribution >= 0.6 is 0 Å². The molecule has 0 bridgehead atoms. The van der Waals surface area contributed by atoms with E-state index in [1.54, 1.807) is 21.8 Å². The Balaban J connectivity index is 1.50. The number of pyridine rings is 1. The van der Waals surface area contributed by atoms with Crippen LogP contribution in [0.15, 0.2) is 60.9 Å². The first kappa shape index (κ1) is 19.1. The number of aryl methyl sites for hydroxylation is 1. The molecule has 1 aliphatic rings. The fourth-order valence-corrected chi connectivity index (χ4v) is 3.96. The van der Waals surface area contributed by atoms with Crippen molar-refractivity contribution >= 4 is 11.8 Å². The van der Waals surface area contributed by atoms with E-state index in [-0.39, 0.29) is 12.6 Å². The van der Waals surface area contributed by atoms with Crippen LogP contribution in [0.2, 0.25) is 0 Å². The van der Waals surface area contributed by atoms with Crippen molar-refractivity contribution in [2.24, 2.45) is 7.05 Å². The summed E-state index contributed by atoms with van der Waals surface area (Å²) in [5.74, 6) is 0.497. The van der Waals surface area contributed by atoms with Crippen LogP contribution in [0.4, 0.5) is 10.6 Å². The number of benzene rings is 1. The number of carbonyl (C=O) groups excluding carboxylic acids is 1. The minimum absolute atomic E-state index is 0.00946. The third-order valence-electron chi connectivity index (χ3n) is 5.54. The van der Waals surface area contributed by atoms with Gasteiger partial charge in [0, 0.05) is 37.3 Å². The van der Waals surface area contributed by atoms with Gasteiger partial charge in [-0.2, -0.15) is 5.10 Å². The van der Waals surface area contributed by atoms with Crippen molar-refractivity contribution in [2.75, 3.05) is 25.0 Å². The molecule has 1 fully saturated rings. The number of aliphatic hydroxyl groups is 1. The number of hydrogen-bond donors (Lipinski definition) is 2. The maximum absolute atomic E-state index is 12.9. The minimum Gasteiger partial charge on any atom is -0.395 e. The molecule has 0 radical (unpaired) electrons. The first-order valence-corrected chi connectivity index (χ1v) is 9.78. The van der Waals surface area contributed by atoms with Gasteiger partial charge in [0.1, 0.15) is 5.82 Å². The second-order valence-corrected chi connectivity index (χ2v) is 7.57. The highest BCUT2D eigenvalue weighted by Gasteiger charge is 2.38. The Hall–Kier alpha value is -3.19. The molecule has 1 aromatic carbocycles. The molecule has 0 spiro atoms. The van der Waals surface area contributed by atoms with Crippen LogP contribution < -0.4 is 5.32 Å². The highest BCUT2D eigenvalue weighted by atomic mass is 16.3. The molecule has 29 heavy (non-hydrogen) atoms. The Bertz CT molecular complexity index is 988. The van der Waals surface area contributed by atoms with Crippen LogP contribution in [0.5, 0.6) is 0 Å². The number of nitrogens with one attached hydrogen (secondary N) is 1. The van der Waals surface area contributed by atoms with E-state index in [9.17, 15) is 9.90 Å². The summed E-state index contributed by atoms with van der Waals surface area (Å²) in [7, 11) is 1.85. The number of piperidine rings is 1. The van der Waals surface area contributed by atoms with Gasteiger partial charge < -0.3 is 10.0 Å². The molecule has 150 valence electrons. The zero-order chi connectivity index (χ0) is 20.3. The Morgan fingerprint density at radius 1 is 1.21 bits per heavy atom. The second kappa shape index (κ2) is 8.05. The predicted molar refractivity (Wildman–Crippen MR) is 111 cm³/mol. The highest BCUT2D eigenvalue weighted by Crippen LogP contribution is 2.34. The summed E-state index contributed by atoms with van der Waals surface area (Å²) in [6.07, 6.45) is 5.32. The van der Waals surface area contributed by atoms with Crippen molar-refractivity contribution in [3.05, 3.63) is 66.5 Å². The van der Waals surface area contributed by atoms with Crippen LogP contribution in [-0.2, 0) is 12.5 Å². The lowest BCUT2D eigenvalue weighted by Gasteiger charge is -2.42. The summed E-state index contributed by atoms with van der Waals surface area (Å²) in [5, 5.41) is 17.2. The molecule has 3 aromatic rings. The third kappa shape index (κ3) is 4.00. The fraction of sp³-hybridized carbons (Fsp3) is 0.318. The molecule has 4 rings (SSSR count). The monoisotopic (exact) mass is 391 g/mol. The Morgan fingerprint density at radius 2 is 2.03 bits per heavy atom. The van der Waals surface area contributed by atoms with E-state index in [0.717, 1.165) is 29.7 Å². The molecule has 1 saturated heterocycles. The maximum atomic E-state index is 12.9. The van der Waals surface area contributed by atoms with E-state index in [1.165, 1.54) is 0 Å². The normalized spacial score (nSPS) is 19.2. The van der Waals surface area contributed by atoms with Crippen LogP contribution in [0.1, 0.15) is 18.4 Å². The number of nitrogens with zero attached hydrogens (tertiary/aromatic N) is 4. The molecule has 7 heteroatoms. The highest BCUT2D eigenvalue weighted by molar-refractivity contribution is 5.88. The predicted octanol–water partition coefficient (Wildman–Crippen LogP) is 3.04. The molecule has 0 aliphatic carbocycles. The van der Waals surface area contributed by atoms with Crippen LogP contribution in [0, 0.1) is 0 Å². The summed E-state index contributed by atoms with van der Waals surface area (Å²) in [5.41, 5.74) is 2.28. The van der Waals surface area contributed by atoms with Crippen molar-refractivity contribution < 1.29 is 9.90 Å². The quantitative estimate of drug-likeness (QED) is 0.716. The molecule has 1 unspecified atom stereocenters. The zero-order valence-corrected chi connectivity index (χ0v) is 16.5. The fourth-order valence-electron chi connectivity index (χ4n) is 3.96. The van der Waals surface area contributed by atoms with E-state index in [4.69, 9.17) is 0 Å². The van der Waals surface area contributed by atoms with Gasteiger partial charge in [0.15, 0.2) is 0 Å². The number of carbonyl (C=O) groups is 1. The van der Waals surface area contributed by atoms with E-state index >= 15 is 0 Å². The minimum atomic E-state index is -0.429. The van der Waals surface area contributed by atoms with Crippen LogP contribution in [0.25, 0.3) is 11.3 Å². The third-order valence-corrected chi connectivity index (χ3v) is 5.54. The Morgan fingerprint density at radius 3 is 2.76 bits per heavy atom. The average molecular weight is 391 g/mol. The van der Waals surface area contributed by atoms with E-state index in [2.05, 4.69) is 15.4 Å². The van der Waals surface area contributed by atoms with Gasteiger partial charge in [0.2, 0.25) is 0 Å². The van der Waals surface area contributed by atoms with Crippen molar-refractivity contribution in [1.82, 2.24) is 19.7 Å². The molecule has 3 heterocycles. The van der Waals surface area contributed by atoms with Gasteiger partial charge in [-0.3, -0.25) is 10.00 Å². The summed E-state index contributed by atoms with van der Waals surface area (Å²) in [4.78, 5) is 19.2. The van der Waals surface area contributed by atoms with E-state index < -0.39 is 5.41 Å². The van der Waals surface area contributed by atoms with Crippen LogP contribution in [0.3, 0.4) is 0 Å². The largest absolute Gasteiger partial charge is 0.395 e. The summed E-state index contributed by atoms with van der Waals surface area (Å²) >= 11 is 0. The van der Waals surface area contributed by atoms with E-state index in [0.29, 0.717) is 18.9 Å². The van der Waals surface area contributed by atoms with Crippen molar-refractivity contribution in [1.29, 1.82) is 0 Å². The lowest BCUT2D eigenvalue weighted by atomic mass is 9.75. The molecular formula is C22H25N5O2. The number of rotatable bonds is 4. The molecule has 2 aromatic heterocycles. The topological polar surface area (TPSA) is 83.3 Å². The van der Waals surface area contributed by atoms with Crippen molar-refractivity contribution in [2.45, 2.75) is 18.3 Å². The van der Waals surface area contributed by atoms with E-state index in [1.807, 2.05) is 55.7 Å². The van der Waals surface area contributed by atoms with Gasteiger partial charge in [-0.05, 0) is 30.5 Å². The van der Waals surface area contributed by atoms with Gasteiger partial charge in [0.05, 0.1) is 18.5 Å². The van der Waals surface area contributed by atoms with Crippen molar-refractivity contribution in [3.63, 3.8) is 0 Å². The Labute approximate surface area is 170 Å². The molecule has 1 atom stereocenters. The SMILES string of the molecule is Cn1cc(-c2cccc(NC(=O)N3CCCC(CO)(c4ccccc4)C3)n2)cn1. The van der Waals surface area contributed by atoms with Gasteiger partial charge in [-0.15, -0.1) is 0 Å². The summed E-state index contributed by atoms with van der Waals surface area (Å²) < 4.78 is 1.72. The smallest absolute Gasteiger partial charge is 0.323 e. The standard InChI is InChI=1S/C22H25N5O2/c1-26-14-17(13-23-26)19-9-5-10-20(24-19)25-21(29)27-12-6-11-22(15-27,16-28)18-7-3-2-4-8-18/h2-5,7-10,13-14,28H,6,11-12,15-16H2,1H3,(H,24,25,29). The number of likely N-dealkylation sites (tertiary alicyclic amines) is 1. The summed E-state index contributed by atoms with van der Waals surface area (Å²) in [6.45, 7) is 1.14. The molecule has 1 aliphatic heterocycles. The molecule has 2 N–H and O–H groups in total. The molecular weight excluding hydrogens is 366 g/mol. The number of aromatic nitrogens is 3. The van der Waals surface area contributed by atoms with Gasteiger partial charge >= 0.3 is 6.03 Å². The second-order valence-electron chi connectivity index (χ2n) is 7.57. The number of urea groups is 1. The molecule has 0 saturated carbocycles. The lowest BCUT2D eigenvalue weighted by Crippen LogP contribution is -2.51.